The minimum atomic E-state index is 0.0364. The fraction of sp³-hybridized carbons (Fsp3) is 0.923. The second-order valence-corrected chi connectivity index (χ2v) is 5.58. The average Bonchev–Trinajstić information content (AvgIpc) is 2.13. The van der Waals surface area contributed by atoms with Gasteiger partial charge < -0.3 is 10.2 Å². The van der Waals surface area contributed by atoms with Gasteiger partial charge in [0.25, 0.3) is 0 Å². The molecule has 0 fully saturated rings. The van der Waals surface area contributed by atoms with Crippen LogP contribution in [0.15, 0.2) is 0 Å². The number of nitrogens with one attached hydrogen (secondary N) is 1. The Balaban J connectivity index is 4.14. The highest BCUT2D eigenvalue weighted by molar-refractivity contribution is 5.74. The molecular formula is C13H28N2O. The quantitative estimate of drug-likeness (QED) is 0.770. The average molecular weight is 228 g/mol. The lowest BCUT2D eigenvalue weighted by Crippen LogP contribution is -2.47. The van der Waals surface area contributed by atoms with Crippen molar-refractivity contribution in [1.82, 2.24) is 10.2 Å². The van der Waals surface area contributed by atoms with Gasteiger partial charge in [-0.05, 0) is 32.1 Å². The number of hydrogen-bond acceptors (Lipinski definition) is 1. The molecular weight excluding hydrogens is 200 g/mol. The van der Waals surface area contributed by atoms with Gasteiger partial charge >= 0.3 is 6.03 Å². The van der Waals surface area contributed by atoms with Crippen molar-refractivity contribution < 1.29 is 4.79 Å². The first-order valence-corrected chi connectivity index (χ1v) is 6.29. The van der Waals surface area contributed by atoms with Crippen LogP contribution in [-0.4, -0.2) is 30.1 Å². The predicted octanol–water partition coefficient (Wildman–Crippen LogP) is 3.11. The van der Waals surface area contributed by atoms with E-state index in [9.17, 15) is 4.79 Å². The summed E-state index contributed by atoms with van der Waals surface area (Å²) < 4.78 is 0. The van der Waals surface area contributed by atoms with E-state index in [0.29, 0.717) is 11.8 Å². The van der Waals surface area contributed by atoms with Gasteiger partial charge in [-0.15, -0.1) is 0 Å². The van der Waals surface area contributed by atoms with Crippen LogP contribution in [0.4, 0.5) is 4.79 Å². The minimum Gasteiger partial charge on any atom is -0.336 e. The van der Waals surface area contributed by atoms with Crippen molar-refractivity contribution in [2.75, 3.05) is 7.05 Å². The molecule has 1 N–H and O–H groups in total. The molecule has 0 heterocycles. The second kappa shape index (κ2) is 6.77. The zero-order chi connectivity index (χ0) is 12.9. The van der Waals surface area contributed by atoms with Crippen molar-refractivity contribution in [1.29, 1.82) is 0 Å². The number of urea groups is 1. The number of carbonyl (C=O) groups excluding carboxylic acids is 1. The lowest BCUT2D eigenvalue weighted by atomic mass is 10.0. The number of nitrogens with zero attached hydrogens (tertiary/aromatic N) is 1. The van der Waals surface area contributed by atoms with Crippen LogP contribution in [0, 0.1) is 11.8 Å². The third kappa shape index (κ3) is 5.38. The zero-order valence-electron chi connectivity index (χ0n) is 11.9. The molecule has 0 radical (unpaired) electrons. The molecule has 0 aliphatic heterocycles. The van der Waals surface area contributed by atoms with Crippen molar-refractivity contribution in [3.8, 4) is 0 Å². The Morgan fingerprint density at radius 1 is 1.12 bits per heavy atom. The topological polar surface area (TPSA) is 32.3 Å². The van der Waals surface area contributed by atoms with Gasteiger partial charge in [-0.3, -0.25) is 0 Å². The van der Waals surface area contributed by atoms with Crippen LogP contribution in [-0.2, 0) is 0 Å². The highest BCUT2D eigenvalue weighted by Crippen LogP contribution is 2.09. The van der Waals surface area contributed by atoms with Gasteiger partial charge in [0.05, 0.1) is 0 Å². The molecule has 2 atom stereocenters. The van der Waals surface area contributed by atoms with Crippen LogP contribution in [0.3, 0.4) is 0 Å². The van der Waals surface area contributed by atoms with Gasteiger partial charge in [0.1, 0.15) is 0 Å². The first kappa shape index (κ1) is 15.3. The minimum absolute atomic E-state index is 0.0364. The Kier molecular flexibility index (Phi) is 6.46. The maximum absolute atomic E-state index is 11.9. The Morgan fingerprint density at radius 2 is 1.62 bits per heavy atom. The molecule has 0 aromatic rings. The Morgan fingerprint density at radius 3 is 2.00 bits per heavy atom. The molecule has 16 heavy (non-hydrogen) atoms. The van der Waals surface area contributed by atoms with Crippen LogP contribution in [0.1, 0.15) is 48.0 Å². The summed E-state index contributed by atoms with van der Waals surface area (Å²) in [4.78, 5) is 13.7. The lowest BCUT2D eigenvalue weighted by Gasteiger charge is -2.29. The summed E-state index contributed by atoms with van der Waals surface area (Å²) in [7, 11) is 1.86. The number of rotatable bonds is 5. The largest absolute Gasteiger partial charge is 0.336 e. The van der Waals surface area contributed by atoms with E-state index in [2.05, 4.69) is 46.9 Å². The monoisotopic (exact) mass is 228 g/mol. The van der Waals surface area contributed by atoms with Gasteiger partial charge in [0.2, 0.25) is 0 Å². The zero-order valence-corrected chi connectivity index (χ0v) is 11.9. The van der Waals surface area contributed by atoms with E-state index in [0.717, 1.165) is 6.42 Å². The summed E-state index contributed by atoms with van der Waals surface area (Å²) in [6, 6.07) is 0.551. The van der Waals surface area contributed by atoms with Crippen molar-refractivity contribution >= 4 is 6.03 Å². The van der Waals surface area contributed by atoms with E-state index in [1.165, 1.54) is 0 Å². The Labute approximate surface area is 101 Å². The van der Waals surface area contributed by atoms with E-state index in [1.807, 2.05) is 7.05 Å². The Bertz CT molecular complexity index is 214. The van der Waals surface area contributed by atoms with Gasteiger partial charge in [-0.1, -0.05) is 27.7 Å². The fourth-order valence-corrected chi connectivity index (χ4v) is 1.71. The molecule has 3 heteroatoms. The number of hydrogen-bond donors (Lipinski definition) is 1. The molecule has 3 nitrogen and oxygen atoms in total. The molecule has 0 aromatic heterocycles. The number of carbonyl (C=O) groups is 1. The highest BCUT2D eigenvalue weighted by Gasteiger charge is 2.19. The predicted molar refractivity (Wildman–Crippen MR) is 69.5 cm³/mol. The number of amides is 2. The van der Waals surface area contributed by atoms with E-state index in [4.69, 9.17) is 0 Å². The summed E-state index contributed by atoms with van der Waals surface area (Å²) in [5, 5.41) is 3.03. The maximum atomic E-state index is 11.9. The molecule has 0 saturated heterocycles. The summed E-state index contributed by atoms with van der Waals surface area (Å²) >= 11 is 0. The first-order chi connectivity index (χ1) is 7.25. The SMILES string of the molecule is CC(C)C[C@@H](C)NC(=O)N(C)[C@@H](C)C(C)C. The molecule has 0 aliphatic rings. The highest BCUT2D eigenvalue weighted by atomic mass is 16.2. The normalized spacial score (nSPS) is 15.1. The second-order valence-electron chi connectivity index (χ2n) is 5.58. The molecule has 0 saturated carbocycles. The molecule has 0 unspecified atom stereocenters. The fourth-order valence-electron chi connectivity index (χ4n) is 1.71. The Hall–Kier alpha value is -0.730. The van der Waals surface area contributed by atoms with E-state index in [-0.39, 0.29) is 18.1 Å². The third-order valence-electron chi connectivity index (χ3n) is 3.09. The van der Waals surface area contributed by atoms with Crippen molar-refractivity contribution in [3.05, 3.63) is 0 Å². The van der Waals surface area contributed by atoms with Crippen molar-refractivity contribution in [3.63, 3.8) is 0 Å². The van der Waals surface area contributed by atoms with Gasteiger partial charge in [0, 0.05) is 19.1 Å². The summed E-state index contributed by atoms with van der Waals surface area (Å²) in [6.07, 6.45) is 1.02. The first-order valence-electron chi connectivity index (χ1n) is 6.29. The smallest absolute Gasteiger partial charge is 0.317 e. The van der Waals surface area contributed by atoms with Gasteiger partial charge in [-0.2, -0.15) is 0 Å². The van der Waals surface area contributed by atoms with Crippen LogP contribution in [0.2, 0.25) is 0 Å². The van der Waals surface area contributed by atoms with Crippen LogP contribution < -0.4 is 5.32 Å². The maximum Gasteiger partial charge on any atom is 0.317 e. The van der Waals surface area contributed by atoms with Crippen LogP contribution in [0.25, 0.3) is 0 Å². The van der Waals surface area contributed by atoms with E-state index < -0.39 is 0 Å². The molecule has 2 amide bonds. The molecule has 0 rings (SSSR count). The van der Waals surface area contributed by atoms with E-state index >= 15 is 0 Å². The van der Waals surface area contributed by atoms with Crippen molar-refractivity contribution in [2.24, 2.45) is 11.8 Å². The van der Waals surface area contributed by atoms with Crippen LogP contribution in [0.5, 0.6) is 0 Å². The summed E-state index contributed by atoms with van der Waals surface area (Å²) in [5.41, 5.74) is 0. The van der Waals surface area contributed by atoms with E-state index in [1.54, 1.807) is 4.90 Å². The molecule has 0 aliphatic carbocycles. The lowest BCUT2D eigenvalue weighted by molar-refractivity contribution is 0.175. The summed E-state index contributed by atoms with van der Waals surface area (Å²) in [6.45, 7) is 12.7. The third-order valence-corrected chi connectivity index (χ3v) is 3.09. The van der Waals surface area contributed by atoms with Gasteiger partial charge in [-0.25, -0.2) is 4.79 Å². The molecule has 0 spiro atoms. The molecule has 96 valence electrons. The van der Waals surface area contributed by atoms with Gasteiger partial charge in [0.15, 0.2) is 0 Å². The van der Waals surface area contributed by atoms with Crippen LogP contribution >= 0.6 is 0 Å². The van der Waals surface area contributed by atoms with Crippen molar-refractivity contribution in [2.45, 2.75) is 60.0 Å². The summed E-state index contributed by atoms with van der Waals surface area (Å²) in [5.74, 6) is 1.10. The molecule has 0 aromatic carbocycles. The molecule has 0 bridgehead atoms. The standard InChI is InChI=1S/C13H28N2O/c1-9(2)8-11(5)14-13(16)15(7)12(6)10(3)4/h9-12H,8H2,1-7H3,(H,14,16)/t11-,12+/m1/s1.